The van der Waals surface area contributed by atoms with Crippen LogP contribution in [0.1, 0.15) is 0 Å². The van der Waals surface area contributed by atoms with Gasteiger partial charge in [-0.2, -0.15) is 9.78 Å². The van der Waals surface area contributed by atoms with Crippen LogP contribution in [0.5, 0.6) is 0 Å². The van der Waals surface area contributed by atoms with Gasteiger partial charge in [0.25, 0.3) is 5.56 Å². The highest BCUT2D eigenvalue weighted by Gasteiger charge is 2.20. The number of hydrogen-bond acceptors (Lipinski definition) is 4. The highest BCUT2D eigenvalue weighted by Crippen LogP contribution is 2.29. The number of fused-ring (bicyclic) bond motifs is 3. The lowest BCUT2D eigenvalue weighted by Gasteiger charge is -2.29. The average Bonchev–Trinajstić information content (AvgIpc) is 3.06. The van der Waals surface area contributed by atoms with E-state index in [4.69, 9.17) is 11.6 Å². The monoisotopic (exact) mass is 379 g/mol. The molecule has 0 radical (unpaired) electrons. The van der Waals surface area contributed by atoms with Crippen molar-refractivity contribution in [1.82, 2.24) is 20.1 Å². The number of halogens is 1. The van der Waals surface area contributed by atoms with E-state index in [2.05, 4.69) is 38.5 Å². The van der Waals surface area contributed by atoms with Gasteiger partial charge in [0.2, 0.25) is 0 Å². The summed E-state index contributed by atoms with van der Waals surface area (Å²) in [5.41, 5.74) is 3.96. The van der Waals surface area contributed by atoms with Crippen molar-refractivity contribution >= 4 is 28.2 Å². The van der Waals surface area contributed by atoms with Crippen molar-refractivity contribution in [2.75, 3.05) is 31.1 Å². The first-order valence-corrected chi connectivity index (χ1v) is 9.34. The Morgan fingerprint density at radius 1 is 1.00 bits per heavy atom. The minimum Gasteiger partial charge on any atom is -0.369 e. The molecule has 0 amide bonds. The molecular weight excluding hydrogens is 362 g/mol. The molecule has 1 saturated heterocycles. The minimum absolute atomic E-state index is 0.141. The average molecular weight is 380 g/mol. The summed E-state index contributed by atoms with van der Waals surface area (Å²) in [5.74, 6) is 0. The Kier molecular flexibility index (Phi) is 3.88. The van der Waals surface area contributed by atoms with E-state index in [-0.39, 0.29) is 5.56 Å². The van der Waals surface area contributed by atoms with Gasteiger partial charge in [-0.3, -0.25) is 4.79 Å². The Labute approximate surface area is 160 Å². The summed E-state index contributed by atoms with van der Waals surface area (Å²) in [7, 11) is 0. The van der Waals surface area contributed by atoms with Crippen LogP contribution in [0.2, 0.25) is 5.02 Å². The highest BCUT2D eigenvalue weighted by atomic mass is 35.5. The van der Waals surface area contributed by atoms with Gasteiger partial charge in [0.15, 0.2) is 0 Å². The van der Waals surface area contributed by atoms with E-state index in [1.807, 2.05) is 0 Å². The molecule has 0 atom stereocenters. The fourth-order valence-corrected chi connectivity index (χ4v) is 3.75. The normalized spacial score (nSPS) is 14.9. The number of hydrogen-bond donors (Lipinski definition) is 2. The first kappa shape index (κ1) is 16.4. The molecular formula is C20H18ClN5O. The molecule has 2 N–H and O–H groups in total. The number of nitrogens with zero attached hydrogens (tertiary/aromatic N) is 3. The minimum atomic E-state index is -0.141. The van der Waals surface area contributed by atoms with Crippen LogP contribution in [0.15, 0.2) is 53.5 Å². The topological polar surface area (TPSA) is 66.0 Å². The zero-order chi connectivity index (χ0) is 18.4. The number of aromatic nitrogens is 3. The summed E-state index contributed by atoms with van der Waals surface area (Å²) >= 11 is 5.97. The van der Waals surface area contributed by atoms with E-state index in [0.717, 1.165) is 42.8 Å². The molecule has 2 aromatic carbocycles. The third-order valence-corrected chi connectivity index (χ3v) is 5.31. The number of anilines is 1. The highest BCUT2D eigenvalue weighted by molar-refractivity contribution is 6.30. The molecule has 0 bridgehead atoms. The maximum absolute atomic E-state index is 12.9. The van der Waals surface area contributed by atoms with Gasteiger partial charge in [0.05, 0.1) is 11.3 Å². The molecule has 5 rings (SSSR count). The maximum atomic E-state index is 12.9. The van der Waals surface area contributed by atoms with Gasteiger partial charge in [0.1, 0.15) is 5.69 Å². The van der Waals surface area contributed by atoms with Crippen LogP contribution in [0.25, 0.3) is 27.8 Å². The number of rotatable bonds is 2. The molecule has 27 heavy (non-hydrogen) atoms. The van der Waals surface area contributed by atoms with E-state index < -0.39 is 0 Å². The Bertz CT molecular complexity index is 1140. The number of pyridine rings is 1. The van der Waals surface area contributed by atoms with Crippen LogP contribution in [0, 0.1) is 0 Å². The molecule has 136 valence electrons. The third kappa shape index (κ3) is 2.78. The van der Waals surface area contributed by atoms with E-state index in [9.17, 15) is 4.79 Å². The first-order valence-electron chi connectivity index (χ1n) is 8.96. The van der Waals surface area contributed by atoms with Crippen LogP contribution in [0.3, 0.4) is 0 Å². The van der Waals surface area contributed by atoms with Crippen molar-refractivity contribution < 1.29 is 0 Å². The summed E-state index contributed by atoms with van der Waals surface area (Å²) in [6, 6.07) is 13.4. The van der Waals surface area contributed by atoms with E-state index in [1.54, 1.807) is 30.5 Å². The fourth-order valence-electron chi connectivity index (χ4n) is 3.62. The summed E-state index contributed by atoms with van der Waals surface area (Å²) < 4.78 is 1.44. The Morgan fingerprint density at radius 3 is 2.52 bits per heavy atom. The second kappa shape index (κ2) is 6.40. The molecule has 3 aliphatic rings. The lowest BCUT2D eigenvalue weighted by molar-refractivity contribution is 0.589. The second-order valence-electron chi connectivity index (χ2n) is 6.71. The number of H-pyrrole nitrogens is 1. The van der Waals surface area contributed by atoms with Gasteiger partial charge in [-0.1, -0.05) is 11.6 Å². The molecule has 3 heterocycles. The lowest BCUT2D eigenvalue weighted by atomic mass is 10.1. The van der Waals surface area contributed by atoms with E-state index in [1.165, 1.54) is 4.68 Å². The van der Waals surface area contributed by atoms with Crippen molar-refractivity contribution in [1.29, 1.82) is 0 Å². The van der Waals surface area contributed by atoms with Crippen LogP contribution in [0.4, 0.5) is 5.69 Å². The predicted molar refractivity (Wildman–Crippen MR) is 108 cm³/mol. The maximum Gasteiger partial charge on any atom is 0.282 e. The smallest absolute Gasteiger partial charge is 0.282 e. The van der Waals surface area contributed by atoms with Crippen molar-refractivity contribution in [2.24, 2.45) is 0 Å². The summed E-state index contributed by atoms with van der Waals surface area (Å²) in [4.78, 5) is 18.5. The summed E-state index contributed by atoms with van der Waals surface area (Å²) in [6.07, 6.45) is 1.74. The molecule has 2 aromatic rings. The molecule has 0 saturated carbocycles. The molecule has 0 aliphatic carbocycles. The predicted octanol–water partition coefficient (Wildman–Crippen LogP) is 2.88. The standard InChI is InChI=1S/C20H18ClN5O/c21-13-1-3-14(4-2-13)26-20(27)17-12-23-18-6-5-15(11-16(18)19(17)24-26)25-9-7-22-8-10-25/h1-6,11-12,22-23H,7-10H2. The fraction of sp³-hybridized carbons (Fsp3) is 0.200. The quantitative estimate of drug-likeness (QED) is 0.562. The van der Waals surface area contributed by atoms with Gasteiger partial charge in [-0.25, -0.2) is 0 Å². The summed E-state index contributed by atoms with van der Waals surface area (Å²) in [6.45, 7) is 3.89. The van der Waals surface area contributed by atoms with Crippen LogP contribution >= 0.6 is 11.6 Å². The van der Waals surface area contributed by atoms with Gasteiger partial charge >= 0.3 is 0 Å². The molecule has 0 spiro atoms. The molecule has 0 unspecified atom stereocenters. The zero-order valence-electron chi connectivity index (χ0n) is 14.6. The third-order valence-electron chi connectivity index (χ3n) is 5.06. The molecule has 1 fully saturated rings. The van der Waals surface area contributed by atoms with Gasteiger partial charge in [-0.05, 0) is 42.5 Å². The number of piperazine rings is 1. The van der Waals surface area contributed by atoms with Gasteiger partial charge in [-0.15, -0.1) is 0 Å². The Balaban J connectivity index is 1.68. The molecule has 0 aromatic heterocycles. The van der Waals surface area contributed by atoms with Crippen molar-refractivity contribution in [3.63, 3.8) is 0 Å². The molecule has 7 heteroatoms. The Hall–Kier alpha value is -2.83. The summed E-state index contributed by atoms with van der Waals surface area (Å²) in [5, 5.41) is 9.59. The largest absolute Gasteiger partial charge is 0.369 e. The molecule has 3 aliphatic heterocycles. The van der Waals surface area contributed by atoms with Gasteiger partial charge in [0, 0.05) is 54.0 Å². The van der Waals surface area contributed by atoms with Crippen molar-refractivity contribution in [2.45, 2.75) is 0 Å². The van der Waals surface area contributed by atoms with E-state index >= 15 is 0 Å². The van der Waals surface area contributed by atoms with E-state index in [0.29, 0.717) is 22.0 Å². The van der Waals surface area contributed by atoms with Crippen LogP contribution in [-0.2, 0) is 0 Å². The molecule has 6 nitrogen and oxygen atoms in total. The first-order chi connectivity index (χ1) is 13.2. The van der Waals surface area contributed by atoms with Crippen LogP contribution in [-0.4, -0.2) is 40.9 Å². The van der Waals surface area contributed by atoms with Crippen LogP contribution < -0.4 is 15.8 Å². The second-order valence-corrected chi connectivity index (χ2v) is 7.15. The van der Waals surface area contributed by atoms with Crippen molar-refractivity contribution in [3.05, 3.63) is 64.0 Å². The lowest BCUT2D eigenvalue weighted by Crippen LogP contribution is -2.43. The number of benzene rings is 2. The zero-order valence-corrected chi connectivity index (χ0v) is 15.3. The Morgan fingerprint density at radius 2 is 1.74 bits per heavy atom. The van der Waals surface area contributed by atoms with Crippen molar-refractivity contribution in [3.8, 4) is 16.9 Å². The SMILES string of the molecule is O=c1c2c[nH]c3ccc(N4CCNCC4)cc3c-2nn1-c1ccc(Cl)cc1. The van der Waals surface area contributed by atoms with Gasteiger partial charge < -0.3 is 15.2 Å². The number of aromatic amines is 1. The number of nitrogens with one attached hydrogen (secondary N) is 2.